The summed E-state index contributed by atoms with van der Waals surface area (Å²) in [6, 6.07) is 10.4. The van der Waals surface area contributed by atoms with Crippen LogP contribution in [0.4, 0.5) is 0 Å². The molecule has 0 saturated heterocycles. The summed E-state index contributed by atoms with van der Waals surface area (Å²) >= 11 is 0. The lowest BCUT2D eigenvalue weighted by molar-refractivity contribution is 0.430. The van der Waals surface area contributed by atoms with E-state index < -0.39 is 0 Å². The molecular formula is C16H24N2. The van der Waals surface area contributed by atoms with Crippen molar-refractivity contribution >= 4 is 5.84 Å². The molecule has 2 nitrogen and oxygen atoms in total. The third-order valence-corrected chi connectivity index (χ3v) is 3.91. The molecule has 1 aromatic carbocycles. The molecule has 0 bridgehead atoms. The summed E-state index contributed by atoms with van der Waals surface area (Å²) in [7, 11) is 0. The van der Waals surface area contributed by atoms with E-state index in [0.29, 0.717) is 5.92 Å². The number of benzene rings is 1. The minimum absolute atomic E-state index is 0.219. The van der Waals surface area contributed by atoms with E-state index in [-0.39, 0.29) is 5.54 Å². The molecule has 1 aliphatic carbocycles. The molecular weight excluding hydrogens is 220 g/mol. The SMILES string of the molecule is CC(C)(N=C(N)C1CCCCC1)c1ccccc1. The molecule has 1 fully saturated rings. The highest BCUT2D eigenvalue weighted by Crippen LogP contribution is 2.28. The largest absolute Gasteiger partial charge is 0.387 e. The average molecular weight is 244 g/mol. The van der Waals surface area contributed by atoms with Crippen LogP contribution in [0.1, 0.15) is 51.5 Å². The van der Waals surface area contributed by atoms with Gasteiger partial charge in [-0.05, 0) is 32.3 Å². The van der Waals surface area contributed by atoms with E-state index in [1.165, 1.54) is 37.7 Å². The second-order valence-electron chi connectivity index (χ2n) is 5.80. The molecule has 0 aromatic heterocycles. The summed E-state index contributed by atoms with van der Waals surface area (Å²) in [5.41, 5.74) is 7.23. The Morgan fingerprint density at radius 2 is 1.72 bits per heavy atom. The molecule has 1 aromatic rings. The molecule has 1 saturated carbocycles. The van der Waals surface area contributed by atoms with Crippen molar-refractivity contribution in [2.75, 3.05) is 0 Å². The first kappa shape index (κ1) is 13.1. The van der Waals surface area contributed by atoms with Crippen LogP contribution in [-0.4, -0.2) is 5.84 Å². The van der Waals surface area contributed by atoms with Crippen LogP contribution in [0.2, 0.25) is 0 Å². The van der Waals surface area contributed by atoms with Gasteiger partial charge in [-0.3, -0.25) is 4.99 Å². The van der Waals surface area contributed by atoms with Crippen LogP contribution in [-0.2, 0) is 5.54 Å². The van der Waals surface area contributed by atoms with Gasteiger partial charge in [-0.25, -0.2) is 0 Å². The number of amidine groups is 1. The summed E-state index contributed by atoms with van der Waals surface area (Å²) in [4.78, 5) is 4.80. The molecule has 0 spiro atoms. The van der Waals surface area contributed by atoms with Crippen molar-refractivity contribution in [1.29, 1.82) is 0 Å². The van der Waals surface area contributed by atoms with E-state index in [0.717, 1.165) is 5.84 Å². The number of nitrogens with zero attached hydrogens (tertiary/aromatic N) is 1. The van der Waals surface area contributed by atoms with Gasteiger partial charge in [0.05, 0.1) is 11.4 Å². The highest BCUT2D eigenvalue weighted by atomic mass is 14.9. The Morgan fingerprint density at radius 3 is 2.33 bits per heavy atom. The lowest BCUT2D eigenvalue weighted by atomic mass is 9.87. The lowest BCUT2D eigenvalue weighted by Crippen LogP contribution is -2.29. The van der Waals surface area contributed by atoms with E-state index in [1.54, 1.807) is 0 Å². The smallest absolute Gasteiger partial charge is 0.0979 e. The first-order valence-corrected chi connectivity index (χ1v) is 7.00. The van der Waals surface area contributed by atoms with Crippen LogP contribution in [0, 0.1) is 5.92 Å². The third-order valence-electron chi connectivity index (χ3n) is 3.91. The Hall–Kier alpha value is -1.31. The van der Waals surface area contributed by atoms with E-state index in [4.69, 9.17) is 10.7 Å². The highest BCUT2D eigenvalue weighted by molar-refractivity contribution is 5.83. The zero-order valence-corrected chi connectivity index (χ0v) is 11.5. The Kier molecular flexibility index (Phi) is 4.05. The predicted octanol–water partition coefficient (Wildman–Crippen LogP) is 3.86. The van der Waals surface area contributed by atoms with E-state index >= 15 is 0 Å². The number of nitrogens with two attached hydrogens (primary N) is 1. The summed E-state index contributed by atoms with van der Waals surface area (Å²) in [5.74, 6) is 1.35. The highest BCUT2D eigenvalue weighted by Gasteiger charge is 2.23. The zero-order valence-electron chi connectivity index (χ0n) is 11.5. The van der Waals surface area contributed by atoms with Gasteiger partial charge in [0.15, 0.2) is 0 Å². The fourth-order valence-electron chi connectivity index (χ4n) is 2.72. The van der Waals surface area contributed by atoms with Crippen LogP contribution in [0.5, 0.6) is 0 Å². The van der Waals surface area contributed by atoms with Crippen molar-refractivity contribution < 1.29 is 0 Å². The normalized spacial score (nSPS) is 18.9. The first-order chi connectivity index (χ1) is 8.59. The minimum Gasteiger partial charge on any atom is -0.387 e. The van der Waals surface area contributed by atoms with Gasteiger partial charge in [0.2, 0.25) is 0 Å². The molecule has 0 radical (unpaired) electrons. The van der Waals surface area contributed by atoms with Crippen molar-refractivity contribution in [3.05, 3.63) is 35.9 Å². The minimum atomic E-state index is -0.219. The Labute approximate surface area is 110 Å². The van der Waals surface area contributed by atoms with Crippen LogP contribution in [0.15, 0.2) is 35.3 Å². The van der Waals surface area contributed by atoms with Crippen molar-refractivity contribution in [3.63, 3.8) is 0 Å². The fraction of sp³-hybridized carbons (Fsp3) is 0.562. The van der Waals surface area contributed by atoms with Gasteiger partial charge in [-0.15, -0.1) is 0 Å². The number of hydrogen-bond donors (Lipinski definition) is 1. The molecule has 2 heteroatoms. The maximum atomic E-state index is 6.22. The average Bonchev–Trinajstić information content (AvgIpc) is 2.40. The van der Waals surface area contributed by atoms with Crippen molar-refractivity contribution in [2.24, 2.45) is 16.6 Å². The van der Waals surface area contributed by atoms with Gasteiger partial charge in [-0.1, -0.05) is 49.6 Å². The third kappa shape index (κ3) is 3.12. The standard InChI is InChI=1S/C16H24N2/c1-16(2,14-11-7-4-8-12-14)18-15(17)13-9-5-3-6-10-13/h4,7-8,11-13H,3,5-6,9-10H2,1-2H3,(H2,17,18). The maximum Gasteiger partial charge on any atom is 0.0979 e. The van der Waals surface area contributed by atoms with E-state index in [1.807, 2.05) is 6.07 Å². The molecule has 1 aliphatic rings. The molecule has 18 heavy (non-hydrogen) atoms. The van der Waals surface area contributed by atoms with Gasteiger partial charge in [0, 0.05) is 5.92 Å². The van der Waals surface area contributed by atoms with Gasteiger partial charge in [-0.2, -0.15) is 0 Å². The van der Waals surface area contributed by atoms with Crippen molar-refractivity contribution in [1.82, 2.24) is 0 Å². The van der Waals surface area contributed by atoms with Crippen molar-refractivity contribution in [2.45, 2.75) is 51.5 Å². The fourth-order valence-corrected chi connectivity index (χ4v) is 2.72. The molecule has 0 amide bonds. The monoisotopic (exact) mass is 244 g/mol. The Bertz CT molecular complexity index is 400. The molecule has 98 valence electrons. The summed E-state index contributed by atoms with van der Waals surface area (Å²) < 4.78 is 0. The molecule has 0 heterocycles. The number of aliphatic imine (C=N–C) groups is 1. The maximum absolute atomic E-state index is 6.22. The van der Waals surface area contributed by atoms with E-state index in [2.05, 4.69) is 38.1 Å². The first-order valence-electron chi connectivity index (χ1n) is 7.00. The summed E-state index contributed by atoms with van der Waals surface area (Å²) in [6.07, 6.45) is 6.37. The molecule has 2 N–H and O–H groups in total. The second kappa shape index (κ2) is 5.55. The summed E-state index contributed by atoms with van der Waals surface area (Å²) in [6.45, 7) is 4.27. The quantitative estimate of drug-likeness (QED) is 0.636. The Morgan fingerprint density at radius 1 is 1.11 bits per heavy atom. The Balaban J connectivity index is 2.15. The summed E-state index contributed by atoms with van der Waals surface area (Å²) in [5, 5.41) is 0. The van der Waals surface area contributed by atoms with Gasteiger partial charge < -0.3 is 5.73 Å². The molecule has 0 unspecified atom stereocenters. The number of rotatable bonds is 3. The second-order valence-corrected chi connectivity index (χ2v) is 5.80. The lowest BCUT2D eigenvalue weighted by Gasteiger charge is -2.26. The van der Waals surface area contributed by atoms with Crippen molar-refractivity contribution in [3.8, 4) is 0 Å². The topological polar surface area (TPSA) is 38.4 Å². The van der Waals surface area contributed by atoms with Crippen LogP contribution >= 0.6 is 0 Å². The zero-order chi connectivity index (χ0) is 13.0. The molecule has 0 atom stereocenters. The number of hydrogen-bond acceptors (Lipinski definition) is 1. The van der Waals surface area contributed by atoms with E-state index in [9.17, 15) is 0 Å². The van der Waals surface area contributed by atoms with Gasteiger partial charge in [0.25, 0.3) is 0 Å². The molecule has 2 rings (SSSR count). The predicted molar refractivity (Wildman–Crippen MR) is 77.7 cm³/mol. The van der Waals surface area contributed by atoms with Crippen LogP contribution in [0.3, 0.4) is 0 Å². The van der Waals surface area contributed by atoms with Gasteiger partial charge >= 0.3 is 0 Å². The van der Waals surface area contributed by atoms with Gasteiger partial charge in [0.1, 0.15) is 0 Å². The van der Waals surface area contributed by atoms with Crippen LogP contribution in [0.25, 0.3) is 0 Å². The molecule has 0 aliphatic heterocycles. The van der Waals surface area contributed by atoms with Crippen LogP contribution < -0.4 is 5.73 Å².